The fraction of sp³-hybridized carbons (Fsp3) is 0.333. The van der Waals surface area contributed by atoms with Crippen LogP contribution >= 0.6 is 0 Å². The zero-order chi connectivity index (χ0) is 32.1. The summed E-state index contributed by atoms with van der Waals surface area (Å²) in [5, 5.41) is 30.1. The van der Waals surface area contributed by atoms with Crippen LogP contribution in [-0.4, -0.2) is 87.2 Å². The summed E-state index contributed by atoms with van der Waals surface area (Å²) in [6.07, 6.45) is -1.34. The lowest BCUT2D eigenvalue weighted by atomic mass is 10.1. The minimum atomic E-state index is -0.713. The number of fused-ring (bicyclic) bond motifs is 3. The van der Waals surface area contributed by atoms with Crippen molar-refractivity contribution in [2.45, 2.75) is 18.8 Å². The fourth-order valence-electron chi connectivity index (χ4n) is 5.38. The quantitative estimate of drug-likeness (QED) is 0.0996. The molecule has 1 aromatic heterocycles. The first-order valence-corrected chi connectivity index (χ1v) is 15.5. The van der Waals surface area contributed by atoms with Gasteiger partial charge in [-0.1, -0.05) is 48.5 Å². The highest BCUT2D eigenvalue weighted by atomic mass is 16.5. The van der Waals surface area contributed by atoms with Crippen LogP contribution in [0.4, 0.5) is 0 Å². The number of aliphatic hydroxyl groups is 2. The third-order valence-corrected chi connectivity index (χ3v) is 7.55. The molecule has 10 nitrogen and oxygen atoms in total. The Kier molecular flexibility index (Phi) is 12.0. The molecule has 5 aromatic rings. The molecular formula is C36H43N3O7. The van der Waals surface area contributed by atoms with Gasteiger partial charge in [0, 0.05) is 42.5 Å². The molecule has 0 unspecified atom stereocenters. The second-order valence-electron chi connectivity index (χ2n) is 10.8. The number of benzene rings is 4. The van der Waals surface area contributed by atoms with E-state index in [0.717, 1.165) is 21.8 Å². The first kappa shape index (κ1) is 32.9. The lowest BCUT2D eigenvalue weighted by Crippen LogP contribution is -2.33. The van der Waals surface area contributed by atoms with Crippen molar-refractivity contribution in [3.63, 3.8) is 0 Å². The third kappa shape index (κ3) is 8.41. The van der Waals surface area contributed by atoms with E-state index in [2.05, 4.69) is 21.3 Å². The Morgan fingerprint density at radius 3 is 1.74 bits per heavy atom. The van der Waals surface area contributed by atoms with Crippen LogP contribution in [0.2, 0.25) is 0 Å². The van der Waals surface area contributed by atoms with Gasteiger partial charge in [0.1, 0.15) is 31.7 Å². The highest BCUT2D eigenvalue weighted by molar-refractivity contribution is 6.11. The maximum atomic E-state index is 11.0. The van der Waals surface area contributed by atoms with Gasteiger partial charge in [-0.3, -0.25) is 0 Å². The van der Waals surface area contributed by atoms with Crippen LogP contribution in [0.1, 0.15) is 0 Å². The zero-order valence-corrected chi connectivity index (χ0v) is 26.4. The van der Waals surface area contributed by atoms with Crippen molar-refractivity contribution >= 4 is 21.8 Å². The molecule has 0 fully saturated rings. The highest BCUT2D eigenvalue weighted by Gasteiger charge is 2.17. The van der Waals surface area contributed by atoms with E-state index in [0.29, 0.717) is 74.7 Å². The number of rotatable bonds is 19. The molecule has 10 heteroatoms. The number of hydrogen-bond acceptors (Lipinski definition) is 9. The summed E-state index contributed by atoms with van der Waals surface area (Å²) in [5.74, 6) is 3.43. The Hall–Kier alpha value is -4.48. The second kappa shape index (κ2) is 16.7. The van der Waals surface area contributed by atoms with Crippen molar-refractivity contribution < 1.29 is 33.9 Å². The molecule has 0 saturated heterocycles. The minimum absolute atomic E-state index is 0.127. The molecule has 4 aromatic carbocycles. The number of ether oxygens (including phenoxy) is 5. The Bertz CT molecular complexity index is 1670. The molecule has 244 valence electrons. The van der Waals surface area contributed by atoms with Crippen molar-refractivity contribution in [1.29, 1.82) is 0 Å². The average Bonchev–Trinajstić information content (AvgIpc) is 3.41. The van der Waals surface area contributed by atoms with Gasteiger partial charge in [-0.25, -0.2) is 0 Å². The monoisotopic (exact) mass is 629 g/mol. The minimum Gasteiger partial charge on any atom is -0.493 e. The molecule has 1 heterocycles. The summed E-state index contributed by atoms with van der Waals surface area (Å²) in [7, 11) is 3.23. The maximum Gasteiger partial charge on any atom is 0.161 e. The van der Waals surface area contributed by atoms with Gasteiger partial charge in [0.25, 0.3) is 0 Å². The molecule has 0 amide bonds. The predicted molar refractivity (Wildman–Crippen MR) is 180 cm³/mol. The fourth-order valence-corrected chi connectivity index (χ4v) is 5.38. The Balaban J connectivity index is 1.13. The van der Waals surface area contributed by atoms with Crippen LogP contribution in [0.25, 0.3) is 21.8 Å². The van der Waals surface area contributed by atoms with Crippen molar-refractivity contribution in [3.05, 3.63) is 91.0 Å². The molecule has 4 N–H and O–H groups in total. The van der Waals surface area contributed by atoms with E-state index >= 15 is 0 Å². The Labute approximate surface area is 269 Å². The molecule has 0 aliphatic carbocycles. The largest absolute Gasteiger partial charge is 0.493 e. The average molecular weight is 630 g/mol. The third-order valence-electron chi connectivity index (χ3n) is 7.55. The lowest BCUT2D eigenvalue weighted by Gasteiger charge is -2.16. The second-order valence-corrected chi connectivity index (χ2v) is 10.8. The van der Waals surface area contributed by atoms with Crippen LogP contribution in [0.5, 0.6) is 28.7 Å². The number of aliphatic hydroxyl groups excluding tert-OH is 2. The van der Waals surface area contributed by atoms with E-state index in [1.807, 2.05) is 84.9 Å². The summed E-state index contributed by atoms with van der Waals surface area (Å²) in [6, 6.07) is 29.0. The van der Waals surface area contributed by atoms with Crippen molar-refractivity contribution in [3.8, 4) is 28.7 Å². The number of nitrogens with zero attached hydrogens (tertiary/aromatic N) is 1. The van der Waals surface area contributed by atoms with E-state index in [1.54, 1.807) is 14.2 Å². The van der Waals surface area contributed by atoms with Gasteiger partial charge in [0.05, 0.1) is 32.4 Å². The van der Waals surface area contributed by atoms with E-state index in [4.69, 9.17) is 23.7 Å². The standard InChI is InChI=1S/C36H43N3O7/c1-42-31-13-5-7-15-33(31)44-20-18-37-22-26(40)24-39-29-11-4-3-10-28(29)36-30(39)12-9-17-35(36)46-25-27(41)23-38-19-21-45-34-16-8-6-14-32(34)43-2/h3-17,26-27,37-38,40-41H,18-25H2,1-2H3/t26-,27+/m0/s1. The SMILES string of the molecule is COc1ccccc1OCCNC[C@@H](O)COc1cccc2c1c1ccccc1n2C[C@@H](O)CNCCOc1ccccc1OC. The van der Waals surface area contributed by atoms with Gasteiger partial charge >= 0.3 is 0 Å². The molecule has 0 spiro atoms. The van der Waals surface area contributed by atoms with Crippen LogP contribution in [-0.2, 0) is 6.54 Å². The maximum absolute atomic E-state index is 11.0. The van der Waals surface area contributed by atoms with Gasteiger partial charge < -0.3 is 49.1 Å². The van der Waals surface area contributed by atoms with Crippen LogP contribution in [0.3, 0.4) is 0 Å². The number of aromatic nitrogens is 1. The van der Waals surface area contributed by atoms with Crippen LogP contribution < -0.4 is 34.3 Å². The Morgan fingerprint density at radius 2 is 1.11 bits per heavy atom. The summed E-state index contributed by atoms with van der Waals surface area (Å²) in [6.45, 7) is 3.31. The molecule has 46 heavy (non-hydrogen) atoms. The van der Waals surface area contributed by atoms with Crippen LogP contribution in [0, 0.1) is 0 Å². The number of methoxy groups -OCH3 is 2. The summed E-state index contributed by atoms with van der Waals surface area (Å²) in [5.41, 5.74) is 1.96. The first-order chi connectivity index (χ1) is 22.6. The molecule has 0 saturated carbocycles. The molecular weight excluding hydrogens is 586 g/mol. The first-order valence-electron chi connectivity index (χ1n) is 15.5. The van der Waals surface area contributed by atoms with Gasteiger partial charge in [-0.2, -0.15) is 0 Å². The summed E-state index contributed by atoms with van der Waals surface area (Å²) in [4.78, 5) is 0. The number of hydrogen-bond donors (Lipinski definition) is 4. The van der Waals surface area contributed by atoms with Gasteiger partial charge in [0.2, 0.25) is 0 Å². The predicted octanol–water partition coefficient (Wildman–Crippen LogP) is 4.25. The number of nitrogens with one attached hydrogen (secondary N) is 2. The normalized spacial score (nSPS) is 12.6. The molecule has 5 rings (SSSR count). The molecule has 0 aliphatic heterocycles. The van der Waals surface area contributed by atoms with Crippen molar-refractivity contribution in [1.82, 2.24) is 15.2 Å². The molecule has 0 radical (unpaired) electrons. The lowest BCUT2D eigenvalue weighted by molar-refractivity contribution is 0.106. The topological polar surface area (TPSA) is 116 Å². The van der Waals surface area contributed by atoms with Gasteiger partial charge in [0.15, 0.2) is 23.0 Å². The van der Waals surface area contributed by atoms with E-state index < -0.39 is 12.2 Å². The summed E-state index contributed by atoms with van der Waals surface area (Å²) >= 11 is 0. The smallest absolute Gasteiger partial charge is 0.161 e. The number of para-hydroxylation sites is 5. The van der Waals surface area contributed by atoms with Crippen LogP contribution in [0.15, 0.2) is 91.0 Å². The zero-order valence-electron chi connectivity index (χ0n) is 26.4. The highest BCUT2D eigenvalue weighted by Crippen LogP contribution is 2.36. The Morgan fingerprint density at radius 1 is 0.587 bits per heavy atom. The molecule has 0 aliphatic rings. The van der Waals surface area contributed by atoms with Crippen molar-refractivity contribution in [2.24, 2.45) is 0 Å². The van der Waals surface area contributed by atoms with Gasteiger partial charge in [-0.15, -0.1) is 0 Å². The van der Waals surface area contributed by atoms with Crippen molar-refractivity contribution in [2.75, 3.05) is 60.2 Å². The van der Waals surface area contributed by atoms with E-state index in [-0.39, 0.29) is 6.61 Å². The summed E-state index contributed by atoms with van der Waals surface area (Å²) < 4.78 is 30.5. The molecule has 2 atom stereocenters. The molecule has 0 bridgehead atoms. The van der Waals surface area contributed by atoms with E-state index in [1.165, 1.54) is 0 Å². The van der Waals surface area contributed by atoms with Gasteiger partial charge in [-0.05, 0) is 42.5 Å². The van der Waals surface area contributed by atoms with E-state index in [9.17, 15) is 10.2 Å².